The molecular formula is C18H16BrN3O3. The van der Waals surface area contributed by atoms with Crippen molar-refractivity contribution >= 4 is 39.0 Å². The van der Waals surface area contributed by atoms with Crippen molar-refractivity contribution in [2.45, 2.75) is 0 Å². The Bertz CT molecular complexity index is 921. The minimum atomic E-state index is -0.358. The molecule has 1 amide bonds. The second-order valence-corrected chi connectivity index (χ2v) is 6.08. The van der Waals surface area contributed by atoms with Crippen LogP contribution >= 0.6 is 15.9 Å². The maximum atomic E-state index is 11.9. The van der Waals surface area contributed by atoms with Crippen LogP contribution in [0.25, 0.3) is 10.9 Å². The molecule has 0 aliphatic carbocycles. The third-order valence-corrected chi connectivity index (χ3v) is 3.99. The van der Waals surface area contributed by atoms with Crippen LogP contribution in [0, 0.1) is 0 Å². The molecule has 0 radical (unpaired) electrons. The van der Waals surface area contributed by atoms with E-state index in [9.17, 15) is 4.79 Å². The first-order valence-corrected chi connectivity index (χ1v) is 8.31. The number of hydrogen-bond donors (Lipinski definition) is 2. The van der Waals surface area contributed by atoms with Crippen LogP contribution in [0.4, 0.5) is 0 Å². The van der Waals surface area contributed by atoms with Gasteiger partial charge in [0.25, 0.3) is 5.91 Å². The Morgan fingerprint density at radius 2 is 2.08 bits per heavy atom. The zero-order chi connectivity index (χ0) is 17.6. The van der Waals surface area contributed by atoms with Crippen molar-refractivity contribution in [1.29, 1.82) is 0 Å². The number of para-hydroxylation sites is 2. The van der Waals surface area contributed by atoms with Crippen LogP contribution in [0.5, 0.6) is 11.5 Å². The normalized spacial score (nSPS) is 11.0. The number of H-pyrrole nitrogens is 1. The summed E-state index contributed by atoms with van der Waals surface area (Å²) in [7, 11) is 1.55. The van der Waals surface area contributed by atoms with Gasteiger partial charge < -0.3 is 14.5 Å². The molecule has 3 aromatic rings. The first kappa shape index (κ1) is 17.0. The van der Waals surface area contributed by atoms with E-state index >= 15 is 0 Å². The monoisotopic (exact) mass is 401 g/mol. The summed E-state index contributed by atoms with van der Waals surface area (Å²) in [4.78, 5) is 15.0. The molecule has 2 aromatic carbocycles. The molecule has 0 saturated heterocycles. The van der Waals surface area contributed by atoms with Crippen LogP contribution in [-0.2, 0) is 4.79 Å². The average Bonchev–Trinajstić information content (AvgIpc) is 3.02. The predicted octanol–water partition coefficient (Wildman–Crippen LogP) is 3.47. The summed E-state index contributed by atoms with van der Waals surface area (Å²) in [6.45, 7) is -0.156. The first-order valence-electron chi connectivity index (χ1n) is 7.52. The van der Waals surface area contributed by atoms with E-state index in [1.807, 2.05) is 36.5 Å². The van der Waals surface area contributed by atoms with Crippen LogP contribution in [0.1, 0.15) is 5.56 Å². The van der Waals surface area contributed by atoms with Crippen LogP contribution < -0.4 is 14.9 Å². The molecule has 2 N–H and O–H groups in total. The number of aromatic nitrogens is 1. The lowest BCUT2D eigenvalue weighted by atomic mass is 10.2. The summed E-state index contributed by atoms with van der Waals surface area (Å²) in [5.41, 5.74) is 4.32. The molecule has 6 nitrogen and oxygen atoms in total. The number of nitrogens with one attached hydrogen (secondary N) is 2. The number of carbonyl (C=O) groups excluding carboxylic acids is 1. The molecule has 0 unspecified atom stereocenters. The van der Waals surface area contributed by atoms with Gasteiger partial charge in [0.1, 0.15) is 0 Å². The SMILES string of the molecule is COc1ccccc1OCC(=O)N/N=C/c1c[nH]c2ccc(Br)cc12. The molecule has 0 spiro atoms. The number of methoxy groups -OCH3 is 1. The summed E-state index contributed by atoms with van der Waals surface area (Å²) >= 11 is 3.44. The molecule has 1 heterocycles. The van der Waals surface area contributed by atoms with Gasteiger partial charge >= 0.3 is 0 Å². The summed E-state index contributed by atoms with van der Waals surface area (Å²) in [5.74, 6) is 0.719. The Morgan fingerprint density at radius 3 is 2.88 bits per heavy atom. The van der Waals surface area contributed by atoms with Crippen molar-refractivity contribution < 1.29 is 14.3 Å². The Balaban J connectivity index is 1.58. The minimum Gasteiger partial charge on any atom is -0.493 e. The number of ether oxygens (including phenoxy) is 2. The number of amides is 1. The third-order valence-electron chi connectivity index (χ3n) is 3.50. The van der Waals surface area contributed by atoms with Gasteiger partial charge in [0, 0.05) is 27.1 Å². The molecule has 1 aromatic heterocycles. The average molecular weight is 402 g/mol. The lowest BCUT2D eigenvalue weighted by Crippen LogP contribution is -2.24. The number of aromatic amines is 1. The number of fused-ring (bicyclic) bond motifs is 1. The lowest BCUT2D eigenvalue weighted by Gasteiger charge is -2.09. The summed E-state index contributed by atoms with van der Waals surface area (Å²) in [5, 5.41) is 4.99. The molecule has 0 fully saturated rings. The topological polar surface area (TPSA) is 75.7 Å². The fourth-order valence-corrected chi connectivity index (χ4v) is 2.67. The highest BCUT2D eigenvalue weighted by Gasteiger charge is 2.06. The fraction of sp³-hybridized carbons (Fsp3) is 0.111. The van der Waals surface area contributed by atoms with Crippen molar-refractivity contribution in [2.24, 2.45) is 5.10 Å². The highest BCUT2D eigenvalue weighted by atomic mass is 79.9. The maximum Gasteiger partial charge on any atom is 0.277 e. The van der Waals surface area contributed by atoms with E-state index in [0.29, 0.717) is 11.5 Å². The quantitative estimate of drug-likeness (QED) is 0.490. The largest absolute Gasteiger partial charge is 0.493 e. The molecule has 25 heavy (non-hydrogen) atoms. The van der Waals surface area contributed by atoms with Crippen molar-refractivity contribution in [3.8, 4) is 11.5 Å². The van der Waals surface area contributed by atoms with E-state index in [4.69, 9.17) is 9.47 Å². The molecule has 0 aliphatic rings. The van der Waals surface area contributed by atoms with Gasteiger partial charge in [-0.1, -0.05) is 28.1 Å². The standard InChI is InChI=1S/C18H16BrN3O3/c1-24-16-4-2-3-5-17(16)25-11-18(23)22-21-10-12-9-20-15-7-6-13(19)8-14(12)15/h2-10,20H,11H2,1H3,(H,22,23)/b21-10+. The van der Waals surface area contributed by atoms with Crippen molar-refractivity contribution in [1.82, 2.24) is 10.4 Å². The van der Waals surface area contributed by atoms with Crippen LogP contribution in [0.2, 0.25) is 0 Å². The Kier molecular flexibility index (Phi) is 5.35. The summed E-state index contributed by atoms with van der Waals surface area (Å²) in [6, 6.07) is 13.0. The highest BCUT2D eigenvalue weighted by molar-refractivity contribution is 9.10. The van der Waals surface area contributed by atoms with E-state index < -0.39 is 0 Å². The van der Waals surface area contributed by atoms with Gasteiger partial charge in [0.05, 0.1) is 13.3 Å². The van der Waals surface area contributed by atoms with Gasteiger partial charge in [-0.2, -0.15) is 5.10 Å². The molecule has 3 rings (SSSR count). The Labute approximate surface area is 153 Å². The van der Waals surface area contributed by atoms with Crippen molar-refractivity contribution in [3.63, 3.8) is 0 Å². The fourth-order valence-electron chi connectivity index (χ4n) is 2.31. The number of hydrogen-bond acceptors (Lipinski definition) is 4. The number of benzene rings is 2. The smallest absolute Gasteiger partial charge is 0.277 e. The van der Waals surface area contributed by atoms with Gasteiger partial charge in [-0.25, -0.2) is 5.43 Å². The number of nitrogens with zero attached hydrogens (tertiary/aromatic N) is 1. The molecule has 0 saturated carbocycles. The van der Waals surface area contributed by atoms with E-state index in [1.165, 1.54) is 0 Å². The third kappa shape index (κ3) is 4.19. The number of rotatable bonds is 6. The van der Waals surface area contributed by atoms with E-state index in [2.05, 4.69) is 31.4 Å². The van der Waals surface area contributed by atoms with Crippen molar-refractivity contribution in [3.05, 3.63) is 58.7 Å². The molecule has 7 heteroatoms. The second kappa shape index (κ2) is 7.85. The van der Waals surface area contributed by atoms with E-state index in [1.54, 1.807) is 25.5 Å². The van der Waals surface area contributed by atoms with Gasteiger partial charge in [0.2, 0.25) is 0 Å². The minimum absolute atomic E-state index is 0.156. The molecule has 0 bridgehead atoms. The van der Waals surface area contributed by atoms with Gasteiger partial charge in [-0.15, -0.1) is 0 Å². The first-order chi connectivity index (χ1) is 12.2. The van der Waals surface area contributed by atoms with Crippen LogP contribution in [0.15, 0.2) is 58.2 Å². The number of carbonyl (C=O) groups is 1. The molecule has 0 atom stereocenters. The molecule has 128 valence electrons. The van der Waals surface area contributed by atoms with Gasteiger partial charge in [0.15, 0.2) is 18.1 Å². The van der Waals surface area contributed by atoms with E-state index in [-0.39, 0.29) is 12.5 Å². The molecule has 0 aliphatic heterocycles. The zero-order valence-electron chi connectivity index (χ0n) is 13.5. The molecular weight excluding hydrogens is 386 g/mol. The lowest BCUT2D eigenvalue weighted by molar-refractivity contribution is -0.123. The Morgan fingerprint density at radius 1 is 1.28 bits per heavy atom. The summed E-state index contributed by atoms with van der Waals surface area (Å²) < 4.78 is 11.6. The Hall–Kier alpha value is -2.80. The summed E-state index contributed by atoms with van der Waals surface area (Å²) in [6.07, 6.45) is 3.42. The zero-order valence-corrected chi connectivity index (χ0v) is 15.0. The number of hydrazone groups is 1. The maximum absolute atomic E-state index is 11.9. The van der Waals surface area contributed by atoms with E-state index in [0.717, 1.165) is 20.9 Å². The predicted molar refractivity (Wildman–Crippen MR) is 100 cm³/mol. The van der Waals surface area contributed by atoms with Gasteiger partial charge in [-0.05, 0) is 30.3 Å². The highest BCUT2D eigenvalue weighted by Crippen LogP contribution is 2.25. The van der Waals surface area contributed by atoms with Gasteiger partial charge in [-0.3, -0.25) is 4.79 Å². The van der Waals surface area contributed by atoms with Crippen LogP contribution in [-0.4, -0.2) is 30.8 Å². The van der Waals surface area contributed by atoms with Crippen LogP contribution in [0.3, 0.4) is 0 Å². The van der Waals surface area contributed by atoms with Crippen molar-refractivity contribution in [2.75, 3.05) is 13.7 Å². The second-order valence-electron chi connectivity index (χ2n) is 5.17. The number of halogens is 1.